The van der Waals surface area contributed by atoms with E-state index in [9.17, 15) is 18.7 Å². The highest BCUT2D eigenvalue weighted by molar-refractivity contribution is 5.97. The van der Waals surface area contributed by atoms with E-state index in [0.29, 0.717) is 23.6 Å². The minimum absolute atomic E-state index is 0.0482. The summed E-state index contributed by atoms with van der Waals surface area (Å²) in [7, 11) is 4.92. The zero-order chi connectivity index (χ0) is 33.0. The molecule has 1 amide bonds. The summed E-state index contributed by atoms with van der Waals surface area (Å²) in [5, 5.41) is 14.9. The Labute approximate surface area is 265 Å². The van der Waals surface area contributed by atoms with Crippen molar-refractivity contribution < 1.29 is 28.2 Å². The number of methoxy groups -OCH3 is 2. The van der Waals surface area contributed by atoms with Gasteiger partial charge >= 0.3 is 0 Å². The molecule has 0 aliphatic carbocycles. The van der Waals surface area contributed by atoms with Gasteiger partial charge in [-0.15, -0.1) is 0 Å². The number of carbonyl (C=O) groups excluding carboxylic acids is 1. The molecule has 1 unspecified atom stereocenters. The van der Waals surface area contributed by atoms with E-state index in [1.807, 2.05) is 58.2 Å². The third kappa shape index (κ3) is 5.15. The van der Waals surface area contributed by atoms with Crippen LogP contribution in [0.15, 0.2) is 66.9 Å². The van der Waals surface area contributed by atoms with Gasteiger partial charge in [-0.3, -0.25) is 4.79 Å². The van der Waals surface area contributed by atoms with Crippen LogP contribution < -0.4 is 14.8 Å². The van der Waals surface area contributed by atoms with Crippen LogP contribution in [0.1, 0.15) is 38.3 Å². The van der Waals surface area contributed by atoms with Gasteiger partial charge in [0.15, 0.2) is 5.82 Å². The van der Waals surface area contributed by atoms with Gasteiger partial charge in [0.05, 0.1) is 37.3 Å². The molecule has 0 saturated carbocycles. The number of rotatable bonds is 8. The number of carbonyl (C=O) groups is 1. The van der Waals surface area contributed by atoms with E-state index in [4.69, 9.17) is 9.47 Å². The molecule has 0 spiro atoms. The Morgan fingerprint density at radius 3 is 2.28 bits per heavy atom. The molecule has 3 aromatic carbocycles. The molecule has 5 aromatic rings. The first kappa shape index (κ1) is 30.8. The lowest BCUT2D eigenvalue weighted by atomic mass is 9.77. The number of hydrogen-bond acceptors (Lipinski definition) is 7. The Balaban J connectivity index is 1.43. The summed E-state index contributed by atoms with van der Waals surface area (Å²) in [5.41, 5.74) is 1.12. The van der Waals surface area contributed by atoms with Gasteiger partial charge in [0.2, 0.25) is 11.8 Å². The number of halogens is 2. The van der Waals surface area contributed by atoms with Gasteiger partial charge in [0.1, 0.15) is 34.3 Å². The van der Waals surface area contributed by atoms with Crippen molar-refractivity contribution in [3.8, 4) is 28.8 Å². The van der Waals surface area contributed by atoms with E-state index in [1.54, 1.807) is 42.0 Å². The first-order valence-electron chi connectivity index (χ1n) is 14.8. The number of hydrogen-bond donors (Lipinski definition) is 2. The molecule has 11 heteroatoms. The second kappa shape index (κ2) is 11.3. The highest BCUT2D eigenvalue weighted by Gasteiger charge is 2.51. The molecular weight excluding hydrogens is 592 g/mol. The zero-order valence-electron chi connectivity index (χ0n) is 26.5. The van der Waals surface area contributed by atoms with Crippen LogP contribution in [0, 0.1) is 11.6 Å². The highest BCUT2D eigenvalue weighted by atomic mass is 19.1. The van der Waals surface area contributed by atoms with Crippen LogP contribution in [0.4, 0.5) is 20.3 Å². The van der Waals surface area contributed by atoms with Gasteiger partial charge in [-0.05, 0) is 69.2 Å². The molecule has 3 heterocycles. The molecular formula is C35H35F2N5O4. The first-order chi connectivity index (χ1) is 21.9. The van der Waals surface area contributed by atoms with Gasteiger partial charge < -0.3 is 29.4 Å². The maximum absolute atomic E-state index is 14.9. The Kier molecular flexibility index (Phi) is 7.58. The minimum atomic E-state index is -0.816. The van der Waals surface area contributed by atoms with E-state index < -0.39 is 17.0 Å². The normalized spacial score (nSPS) is 17.5. The van der Waals surface area contributed by atoms with Crippen molar-refractivity contribution in [2.75, 3.05) is 26.6 Å². The maximum Gasteiger partial charge on any atom is 0.233 e. The monoisotopic (exact) mass is 627 g/mol. The van der Waals surface area contributed by atoms with Gasteiger partial charge in [0, 0.05) is 36.1 Å². The smallest absolute Gasteiger partial charge is 0.233 e. The van der Waals surface area contributed by atoms with E-state index in [0.717, 1.165) is 23.3 Å². The lowest BCUT2D eigenvalue weighted by Gasteiger charge is -2.26. The summed E-state index contributed by atoms with van der Waals surface area (Å²) in [6, 6.07) is 16.3. The Morgan fingerprint density at radius 2 is 1.67 bits per heavy atom. The van der Waals surface area contributed by atoms with Gasteiger partial charge in [-0.1, -0.05) is 18.2 Å². The number of benzene rings is 3. The van der Waals surface area contributed by atoms with Crippen molar-refractivity contribution in [3.05, 3.63) is 89.6 Å². The molecule has 1 atom stereocenters. The van der Waals surface area contributed by atoms with Gasteiger partial charge in [0.25, 0.3) is 0 Å². The molecule has 9 nitrogen and oxygen atoms in total. The SMILES string of the molecule is COc1ccc(Cn2cc3nc(-c4c(F)cccc4F)nc(Nc4ccc(C5(C)CC(C)(C)N(C)C5=O)cc4)c3c2O)c(OC)c1. The summed E-state index contributed by atoms with van der Waals surface area (Å²) in [4.78, 5) is 24.0. The molecule has 6 rings (SSSR count). The average Bonchev–Trinajstić information content (AvgIpc) is 3.42. The fraction of sp³-hybridized carbons (Fsp3) is 0.286. The van der Waals surface area contributed by atoms with Crippen LogP contribution in [0.2, 0.25) is 0 Å². The molecule has 1 saturated heterocycles. The number of nitrogens with one attached hydrogen (secondary N) is 1. The minimum Gasteiger partial charge on any atom is -0.497 e. The zero-order valence-corrected chi connectivity index (χ0v) is 26.5. The van der Waals surface area contributed by atoms with Crippen molar-refractivity contribution >= 4 is 28.3 Å². The van der Waals surface area contributed by atoms with Crippen LogP contribution in [0.3, 0.4) is 0 Å². The Morgan fingerprint density at radius 1 is 0.978 bits per heavy atom. The van der Waals surface area contributed by atoms with Crippen LogP contribution in [-0.2, 0) is 16.8 Å². The topological polar surface area (TPSA) is 102 Å². The average molecular weight is 628 g/mol. The molecule has 2 aromatic heterocycles. The summed E-state index contributed by atoms with van der Waals surface area (Å²) in [5.74, 6) is -0.599. The predicted octanol–water partition coefficient (Wildman–Crippen LogP) is 6.79. The van der Waals surface area contributed by atoms with E-state index >= 15 is 0 Å². The number of nitrogens with zero attached hydrogens (tertiary/aromatic N) is 4. The molecule has 1 aliphatic heterocycles. The molecule has 0 bridgehead atoms. The number of fused-ring (bicyclic) bond motifs is 1. The van der Waals surface area contributed by atoms with Gasteiger partial charge in [-0.25, -0.2) is 18.7 Å². The lowest BCUT2D eigenvalue weighted by molar-refractivity contribution is -0.132. The second-order valence-electron chi connectivity index (χ2n) is 12.4. The number of likely N-dealkylation sites (tertiary alicyclic amines) is 1. The Hall–Kier alpha value is -5.19. The standard InChI is InChI=1S/C35H35F2N5O4/c1-34(2)19-35(3,33(44)41(34)4)21-11-13-22(14-12-21)38-31-29-26(39-30(40-31)28-24(36)8-7-9-25(28)37)18-42(32(29)43)17-20-10-15-23(45-5)16-27(20)46-6/h7-16,18,43H,17,19H2,1-6H3,(H,38,39,40). The van der Waals surface area contributed by atoms with Crippen molar-refractivity contribution in [2.45, 2.75) is 44.7 Å². The van der Waals surface area contributed by atoms with E-state index in [2.05, 4.69) is 15.3 Å². The van der Waals surface area contributed by atoms with Crippen molar-refractivity contribution in [1.82, 2.24) is 19.4 Å². The number of likely N-dealkylation sites (N-methyl/N-ethyl adjacent to an activating group) is 1. The molecule has 46 heavy (non-hydrogen) atoms. The predicted molar refractivity (Wildman–Crippen MR) is 172 cm³/mol. The van der Waals surface area contributed by atoms with Crippen LogP contribution in [0.25, 0.3) is 22.3 Å². The maximum atomic E-state index is 14.9. The lowest BCUT2D eigenvalue weighted by Crippen LogP contribution is -2.38. The van der Waals surface area contributed by atoms with Crippen molar-refractivity contribution in [1.29, 1.82) is 0 Å². The highest BCUT2D eigenvalue weighted by Crippen LogP contribution is 2.44. The first-order valence-corrected chi connectivity index (χ1v) is 14.8. The van der Waals surface area contributed by atoms with E-state index in [-0.39, 0.29) is 52.0 Å². The quantitative estimate of drug-likeness (QED) is 0.195. The Bertz CT molecular complexity index is 1950. The number of anilines is 2. The molecule has 2 N–H and O–H groups in total. The number of aromatic hydroxyl groups is 1. The van der Waals surface area contributed by atoms with Crippen LogP contribution in [-0.4, -0.2) is 57.3 Å². The van der Waals surface area contributed by atoms with Gasteiger partial charge in [-0.2, -0.15) is 0 Å². The number of ether oxygens (including phenoxy) is 2. The van der Waals surface area contributed by atoms with E-state index in [1.165, 1.54) is 6.07 Å². The molecule has 1 aliphatic rings. The molecule has 1 fully saturated rings. The number of aromatic nitrogens is 3. The summed E-state index contributed by atoms with van der Waals surface area (Å²) < 4.78 is 42.2. The molecule has 238 valence electrons. The molecule has 0 radical (unpaired) electrons. The largest absolute Gasteiger partial charge is 0.497 e. The fourth-order valence-corrected chi connectivity index (χ4v) is 6.33. The summed E-state index contributed by atoms with van der Waals surface area (Å²) in [6.07, 6.45) is 2.25. The third-order valence-electron chi connectivity index (χ3n) is 8.99. The summed E-state index contributed by atoms with van der Waals surface area (Å²) >= 11 is 0. The van der Waals surface area contributed by atoms with Crippen molar-refractivity contribution in [3.63, 3.8) is 0 Å². The van der Waals surface area contributed by atoms with Crippen LogP contribution in [0.5, 0.6) is 17.4 Å². The fourth-order valence-electron chi connectivity index (χ4n) is 6.33. The summed E-state index contributed by atoms with van der Waals surface area (Å²) in [6.45, 7) is 6.24. The van der Waals surface area contributed by atoms with Crippen molar-refractivity contribution in [2.24, 2.45) is 0 Å². The van der Waals surface area contributed by atoms with Crippen LogP contribution >= 0.6 is 0 Å². The number of amides is 1. The second-order valence-corrected chi connectivity index (χ2v) is 12.4. The third-order valence-corrected chi connectivity index (χ3v) is 8.99.